The van der Waals surface area contributed by atoms with E-state index in [1.165, 1.54) is 12.1 Å². The van der Waals surface area contributed by atoms with Crippen molar-refractivity contribution in [2.45, 2.75) is 51.4 Å². The van der Waals surface area contributed by atoms with Gasteiger partial charge in [-0.3, -0.25) is 4.79 Å². The summed E-state index contributed by atoms with van der Waals surface area (Å²) in [6, 6.07) is 4.55. The molecular weight excluding hydrogens is 433 g/mol. The lowest BCUT2D eigenvalue weighted by atomic mass is 9.85. The first kappa shape index (κ1) is 22.9. The van der Waals surface area contributed by atoms with E-state index in [1.807, 2.05) is 25.7 Å². The van der Waals surface area contributed by atoms with Crippen molar-refractivity contribution in [3.63, 3.8) is 0 Å². The van der Waals surface area contributed by atoms with Crippen molar-refractivity contribution >= 4 is 23.3 Å². The molecule has 1 fully saturated rings. The van der Waals surface area contributed by atoms with E-state index in [-0.39, 0.29) is 17.0 Å². The number of amides is 1. The van der Waals surface area contributed by atoms with Gasteiger partial charge in [-0.2, -0.15) is 0 Å². The number of fused-ring (bicyclic) bond motifs is 1. The fourth-order valence-electron chi connectivity index (χ4n) is 4.45. The summed E-state index contributed by atoms with van der Waals surface area (Å²) in [4.78, 5) is 26.4. The number of rotatable bonds is 5. The van der Waals surface area contributed by atoms with Crippen LogP contribution in [0.2, 0.25) is 5.02 Å². The second-order valence-electron chi connectivity index (χ2n) is 9.24. The van der Waals surface area contributed by atoms with Gasteiger partial charge >= 0.3 is 0 Å². The summed E-state index contributed by atoms with van der Waals surface area (Å²) < 4.78 is 19.9. The van der Waals surface area contributed by atoms with Crippen LogP contribution in [0, 0.1) is 5.82 Å². The largest absolute Gasteiger partial charge is 0.367 e. The number of carbonyl (C=O) groups is 1. The van der Waals surface area contributed by atoms with Gasteiger partial charge in [0.25, 0.3) is 0 Å². The highest BCUT2D eigenvalue weighted by molar-refractivity contribution is 6.30. The summed E-state index contributed by atoms with van der Waals surface area (Å²) in [5, 5.41) is 0.0381. The van der Waals surface area contributed by atoms with Crippen LogP contribution in [0.3, 0.4) is 0 Å². The Morgan fingerprint density at radius 3 is 2.69 bits per heavy atom. The summed E-state index contributed by atoms with van der Waals surface area (Å²) in [5.74, 6) is -0.235. The second-order valence-corrected chi connectivity index (χ2v) is 9.65. The molecule has 7 nitrogen and oxygen atoms in total. The maximum Gasteiger partial charge on any atom is 0.230 e. The van der Waals surface area contributed by atoms with Crippen LogP contribution in [0.1, 0.15) is 56.0 Å². The lowest BCUT2D eigenvalue weighted by Gasteiger charge is -2.38. The lowest BCUT2D eigenvalue weighted by Crippen LogP contribution is -2.51. The van der Waals surface area contributed by atoms with Gasteiger partial charge in [-0.25, -0.2) is 14.4 Å². The van der Waals surface area contributed by atoms with Crippen LogP contribution >= 0.6 is 11.6 Å². The van der Waals surface area contributed by atoms with Crippen LogP contribution in [0.5, 0.6) is 0 Å². The number of hydrogen-bond donors (Lipinski definition) is 1. The van der Waals surface area contributed by atoms with Gasteiger partial charge in [-0.05, 0) is 44.9 Å². The minimum Gasteiger partial charge on any atom is -0.367 e. The van der Waals surface area contributed by atoms with E-state index < -0.39 is 17.3 Å². The molecule has 9 heteroatoms. The number of halogens is 2. The molecule has 0 unspecified atom stereocenters. The Labute approximate surface area is 192 Å². The van der Waals surface area contributed by atoms with Crippen LogP contribution in [-0.4, -0.2) is 52.5 Å². The molecule has 2 aliphatic heterocycles. The van der Waals surface area contributed by atoms with E-state index in [1.54, 1.807) is 12.4 Å². The molecule has 0 saturated carbocycles. The zero-order valence-corrected chi connectivity index (χ0v) is 19.4. The molecular formula is C23H29ClFN5O2. The van der Waals surface area contributed by atoms with Crippen molar-refractivity contribution in [2.75, 3.05) is 31.1 Å². The van der Waals surface area contributed by atoms with E-state index in [0.717, 1.165) is 17.1 Å². The highest BCUT2D eigenvalue weighted by Gasteiger charge is 2.34. The quantitative estimate of drug-likeness (QED) is 0.734. The van der Waals surface area contributed by atoms with E-state index in [2.05, 4.69) is 14.9 Å². The van der Waals surface area contributed by atoms with Crippen LogP contribution in [0.15, 0.2) is 24.5 Å². The zero-order chi connectivity index (χ0) is 23.0. The number of carbonyl (C=O) groups excluding carboxylic acids is 1. The normalized spacial score (nSPS) is 19.8. The first-order valence-corrected chi connectivity index (χ1v) is 11.2. The number of nitrogens with zero attached hydrogens (tertiary/aromatic N) is 4. The molecule has 172 valence electrons. The average molecular weight is 462 g/mol. The zero-order valence-electron chi connectivity index (χ0n) is 18.6. The highest BCUT2D eigenvalue weighted by Crippen LogP contribution is 2.36. The SMILES string of the molecule is C[C@H]1OCc2ncnc(N3CCN(C(=O)[C@H](CC(C)(C)N)c4ccc(Cl)c(F)c4)CC3)c21. The number of nitrogens with two attached hydrogens (primary N) is 1. The molecule has 0 spiro atoms. The van der Waals surface area contributed by atoms with Crippen LogP contribution in [0.25, 0.3) is 0 Å². The van der Waals surface area contributed by atoms with Crippen molar-refractivity contribution in [1.29, 1.82) is 0 Å². The molecule has 4 rings (SSSR count). The molecule has 0 aliphatic carbocycles. The monoisotopic (exact) mass is 461 g/mol. The molecule has 2 aliphatic rings. The molecule has 0 bridgehead atoms. The summed E-state index contributed by atoms with van der Waals surface area (Å²) in [5.41, 5.74) is 8.22. The minimum absolute atomic E-state index is 0.0381. The van der Waals surface area contributed by atoms with Gasteiger partial charge < -0.3 is 20.3 Å². The Morgan fingerprint density at radius 2 is 2.03 bits per heavy atom. The molecule has 2 N–H and O–H groups in total. The van der Waals surface area contributed by atoms with Crippen molar-refractivity contribution in [3.8, 4) is 0 Å². The molecule has 3 heterocycles. The van der Waals surface area contributed by atoms with Gasteiger partial charge in [0.2, 0.25) is 5.91 Å². The molecule has 1 saturated heterocycles. The Kier molecular flexibility index (Phi) is 6.38. The molecule has 32 heavy (non-hydrogen) atoms. The summed E-state index contributed by atoms with van der Waals surface area (Å²) in [6.07, 6.45) is 1.93. The van der Waals surface area contributed by atoms with Crippen molar-refractivity contribution < 1.29 is 13.9 Å². The lowest BCUT2D eigenvalue weighted by molar-refractivity contribution is -0.133. The van der Waals surface area contributed by atoms with Crippen molar-refractivity contribution in [3.05, 3.63) is 52.2 Å². The van der Waals surface area contributed by atoms with E-state index in [4.69, 9.17) is 22.1 Å². The van der Waals surface area contributed by atoms with Gasteiger partial charge in [-0.15, -0.1) is 0 Å². The van der Waals surface area contributed by atoms with Crippen molar-refractivity contribution in [2.24, 2.45) is 5.73 Å². The Bertz CT molecular complexity index is 1000. The van der Waals surface area contributed by atoms with Crippen LogP contribution in [-0.2, 0) is 16.1 Å². The molecule has 1 amide bonds. The van der Waals surface area contributed by atoms with Gasteiger partial charge in [0.05, 0.1) is 29.3 Å². The summed E-state index contributed by atoms with van der Waals surface area (Å²) in [6.45, 7) is 8.63. The number of hydrogen-bond acceptors (Lipinski definition) is 6. The molecule has 0 radical (unpaired) electrons. The first-order chi connectivity index (χ1) is 15.1. The molecule has 2 aromatic rings. The standard InChI is InChI=1S/C23H29ClFN5O2/c1-14-20-19(12-32-14)27-13-28-21(20)29-6-8-30(9-7-29)22(31)16(11-23(2,3)26)15-4-5-17(24)18(25)10-15/h4-5,10,13-14,16H,6-9,11-12,26H2,1-3H3/t14-,16-/m1/s1. The number of aromatic nitrogens is 2. The smallest absolute Gasteiger partial charge is 0.230 e. The predicted octanol–water partition coefficient (Wildman–Crippen LogP) is 3.42. The Balaban J connectivity index is 1.51. The molecule has 1 aromatic heterocycles. The van der Waals surface area contributed by atoms with E-state index in [0.29, 0.717) is 44.8 Å². The second kappa shape index (κ2) is 8.92. The Morgan fingerprint density at radius 1 is 1.31 bits per heavy atom. The van der Waals surface area contributed by atoms with Gasteiger partial charge in [0.15, 0.2) is 0 Å². The minimum atomic E-state index is -0.587. The summed E-state index contributed by atoms with van der Waals surface area (Å²) in [7, 11) is 0. The third-order valence-corrected chi connectivity index (χ3v) is 6.39. The average Bonchev–Trinajstić information content (AvgIpc) is 3.14. The number of anilines is 1. The van der Waals surface area contributed by atoms with Gasteiger partial charge in [-0.1, -0.05) is 17.7 Å². The summed E-state index contributed by atoms with van der Waals surface area (Å²) >= 11 is 5.85. The third kappa shape index (κ3) is 4.72. The van der Waals surface area contributed by atoms with E-state index in [9.17, 15) is 9.18 Å². The molecule has 1 aromatic carbocycles. The van der Waals surface area contributed by atoms with Gasteiger partial charge in [0, 0.05) is 37.3 Å². The number of piperazine rings is 1. The maximum atomic E-state index is 14.1. The van der Waals surface area contributed by atoms with Crippen LogP contribution in [0.4, 0.5) is 10.2 Å². The van der Waals surface area contributed by atoms with E-state index >= 15 is 0 Å². The first-order valence-electron chi connectivity index (χ1n) is 10.9. The van der Waals surface area contributed by atoms with Crippen LogP contribution < -0.4 is 10.6 Å². The fourth-order valence-corrected chi connectivity index (χ4v) is 4.57. The fraction of sp³-hybridized carbons (Fsp3) is 0.522. The number of benzene rings is 1. The molecule has 2 atom stereocenters. The third-order valence-electron chi connectivity index (χ3n) is 6.09. The Hall–Kier alpha value is -2.29. The predicted molar refractivity (Wildman–Crippen MR) is 121 cm³/mol. The van der Waals surface area contributed by atoms with Gasteiger partial charge in [0.1, 0.15) is 18.0 Å². The topological polar surface area (TPSA) is 84.6 Å². The van der Waals surface area contributed by atoms with Crippen molar-refractivity contribution in [1.82, 2.24) is 14.9 Å². The maximum absolute atomic E-state index is 14.1. The highest BCUT2D eigenvalue weighted by atomic mass is 35.5. The number of ether oxygens (including phenoxy) is 1.